The van der Waals surface area contributed by atoms with Gasteiger partial charge < -0.3 is 19.4 Å². The molecular weight excluding hydrogens is 426 g/mol. The average Bonchev–Trinajstić information content (AvgIpc) is 3.20. The van der Waals surface area contributed by atoms with Gasteiger partial charge in [-0.25, -0.2) is 4.98 Å². The van der Waals surface area contributed by atoms with Crippen LogP contribution in [-0.2, 0) is 13.1 Å². The van der Waals surface area contributed by atoms with Crippen molar-refractivity contribution in [3.63, 3.8) is 0 Å². The van der Waals surface area contributed by atoms with Crippen LogP contribution in [0.15, 0.2) is 48.5 Å². The van der Waals surface area contributed by atoms with Crippen LogP contribution in [0.1, 0.15) is 23.1 Å². The van der Waals surface area contributed by atoms with E-state index in [1.807, 2.05) is 54.0 Å². The Hall–Kier alpha value is -3.72. The van der Waals surface area contributed by atoms with Crippen LogP contribution < -0.4 is 14.8 Å². The van der Waals surface area contributed by atoms with Gasteiger partial charge in [0.1, 0.15) is 0 Å². The van der Waals surface area contributed by atoms with Gasteiger partial charge in [0.15, 0.2) is 22.1 Å². The molecule has 4 rings (SSSR count). The highest BCUT2D eigenvalue weighted by atomic mass is 32.1. The Balaban J connectivity index is 1.72. The summed E-state index contributed by atoms with van der Waals surface area (Å²) < 4.78 is 13.1. The van der Waals surface area contributed by atoms with Gasteiger partial charge >= 0.3 is 0 Å². The number of aromatic nitrogens is 4. The van der Waals surface area contributed by atoms with Gasteiger partial charge in [-0.15, -0.1) is 0 Å². The molecule has 0 unspecified atom stereocenters. The van der Waals surface area contributed by atoms with Crippen molar-refractivity contribution >= 4 is 29.0 Å². The van der Waals surface area contributed by atoms with Crippen molar-refractivity contribution in [2.24, 2.45) is 0 Å². The molecule has 2 aromatic carbocycles. The van der Waals surface area contributed by atoms with E-state index in [-0.39, 0.29) is 12.5 Å². The number of ether oxygens (including phenoxy) is 2. The molecule has 9 heteroatoms. The summed E-state index contributed by atoms with van der Waals surface area (Å²) in [6.07, 6.45) is 0. The maximum absolute atomic E-state index is 13.2. The van der Waals surface area contributed by atoms with Crippen molar-refractivity contribution in [1.29, 1.82) is 0 Å². The first-order chi connectivity index (χ1) is 15.5. The fourth-order valence-corrected chi connectivity index (χ4v) is 3.85. The van der Waals surface area contributed by atoms with Crippen molar-refractivity contribution in [3.05, 3.63) is 64.7 Å². The van der Waals surface area contributed by atoms with E-state index in [0.717, 1.165) is 16.5 Å². The Kier molecular flexibility index (Phi) is 6.18. The first-order valence-electron chi connectivity index (χ1n) is 10.1. The molecule has 2 heterocycles. The number of nitrogens with zero attached hydrogens (tertiary/aromatic N) is 3. The van der Waals surface area contributed by atoms with E-state index in [1.54, 1.807) is 20.3 Å². The minimum Gasteiger partial charge on any atom is -0.493 e. The number of nitrogens with one attached hydrogen (secondary N) is 2. The van der Waals surface area contributed by atoms with Gasteiger partial charge in [0.25, 0.3) is 5.91 Å². The molecule has 0 bridgehead atoms. The van der Waals surface area contributed by atoms with Crippen LogP contribution in [-0.4, -0.2) is 39.9 Å². The first kappa shape index (κ1) is 21.5. The second-order valence-corrected chi connectivity index (χ2v) is 7.40. The number of rotatable bonds is 7. The highest BCUT2D eigenvalue weighted by molar-refractivity contribution is 7.71. The Bertz CT molecular complexity index is 1350. The van der Waals surface area contributed by atoms with Crippen molar-refractivity contribution in [2.45, 2.75) is 20.0 Å². The SMILES string of the molecule is CCn1c(CNC(=O)c2cc(-c3ccc(OC)c(OC)c3)nc3ccccc23)n[nH]c1=S. The predicted octanol–water partition coefficient (Wildman–Crippen LogP) is 4.12. The zero-order valence-electron chi connectivity index (χ0n) is 18.0. The number of carbonyl (C=O) groups is 1. The summed E-state index contributed by atoms with van der Waals surface area (Å²) in [6, 6.07) is 14.9. The topological polar surface area (TPSA) is 94.1 Å². The van der Waals surface area contributed by atoms with E-state index in [4.69, 9.17) is 26.7 Å². The van der Waals surface area contributed by atoms with Crippen LogP contribution in [0.4, 0.5) is 0 Å². The molecule has 8 nitrogen and oxygen atoms in total. The summed E-state index contributed by atoms with van der Waals surface area (Å²) in [5, 5.41) is 10.7. The van der Waals surface area contributed by atoms with Gasteiger partial charge in [-0.3, -0.25) is 9.89 Å². The molecule has 0 spiro atoms. The molecule has 0 atom stereocenters. The number of pyridine rings is 1. The van der Waals surface area contributed by atoms with E-state index in [0.29, 0.717) is 39.9 Å². The Morgan fingerprint density at radius 2 is 1.91 bits per heavy atom. The van der Waals surface area contributed by atoms with Crippen LogP contribution in [0.2, 0.25) is 0 Å². The fraction of sp³-hybridized carbons (Fsp3) is 0.217. The first-order valence-corrected chi connectivity index (χ1v) is 10.5. The van der Waals surface area contributed by atoms with E-state index < -0.39 is 0 Å². The summed E-state index contributed by atoms with van der Waals surface area (Å²) in [7, 11) is 3.17. The molecule has 164 valence electrons. The molecular formula is C23H23N5O3S. The van der Waals surface area contributed by atoms with Gasteiger partial charge in [0.2, 0.25) is 0 Å². The van der Waals surface area contributed by atoms with Gasteiger partial charge in [-0.1, -0.05) is 18.2 Å². The summed E-state index contributed by atoms with van der Waals surface area (Å²) >= 11 is 5.22. The minimum absolute atomic E-state index is 0.220. The van der Waals surface area contributed by atoms with Crippen molar-refractivity contribution in [3.8, 4) is 22.8 Å². The summed E-state index contributed by atoms with van der Waals surface area (Å²) in [6.45, 7) is 2.90. The van der Waals surface area contributed by atoms with Gasteiger partial charge in [0.05, 0.1) is 37.5 Å². The minimum atomic E-state index is -0.220. The zero-order chi connectivity index (χ0) is 22.7. The lowest BCUT2D eigenvalue weighted by molar-refractivity contribution is 0.0951. The third-order valence-corrected chi connectivity index (χ3v) is 5.51. The molecule has 1 amide bonds. The smallest absolute Gasteiger partial charge is 0.252 e. The molecule has 0 saturated carbocycles. The van der Waals surface area contributed by atoms with Crippen LogP contribution >= 0.6 is 12.2 Å². The third-order valence-electron chi connectivity index (χ3n) is 5.20. The normalized spacial score (nSPS) is 10.8. The molecule has 4 aromatic rings. The molecule has 2 N–H and O–H groups in total. The zero-order valence-corrected chi connectivity index (χ0v) is 18.8. The summed E-state index contributed by atoms with van der Waals surface area (Å²) in [5.41, 5.74) is 2.72. The van der Waals surface area contributed by atoms with E-state index in [1.165, 1.54) is 0 Å². The molecule has 0 fully saturated rings. The highest BCUT2D eigenvalue weighted by Gasteiger charge is 2.16. The number of aromatic amines is 1. The highest BCUT2D eigenvalue weighted by Crippen LogP contribution is 2.33. The molecule has 0 aliphatic heterocycles. The van der Waals surface area contributed by atoms with Crippen LogP contribution in [0, 0.1) is 4.77 Å². The maximum Gasteiger partial charge on any atom is 0.252 e. The lowest BCUT2D eigenvalue weighted by Gasteiger charge is -2.12. The number of amides is 1. The number of methoxy groups -OCH3 is 2. The Morgan fingerprint density at radius 3 is 2.66 bits per heavy atom. The Labute approximate surface area is 190 Å². The third kappa shape index (κ3) is 4.06. The summed E-state index contributed by atoms with van der Waals surface area (Å²) in [4.78, 5) is 17.9. The number of hydrogen-bond donors (Lipinski definition) is 2. The quantitative estimate of drug-likeness (QED) is 0.412. The second kappa shape index (κ2) is 9.19. The summed E-state index contributed by atoms with van der Waals surface area (Å²) in [5.74, 6) is 1.67. The van der Waals surface area contributed by atoms with E-state index in [9.17, 15) is 4.79 Å². The maximum atomic E-state index is 13.2. The molecule has 0 aliphatic rings. The number of carbonyl (C=O) groups excluding carboxylic acids is 1. The van der Waals surface area contributed by atoms with Gasteiger partial charge in [-0.2, -0.15) is 5.10 Å². The van der Waals surface area contributed by atoms with Gasteiger partial charge in [0, 0.05) is 17.5 Å². The predicted molar refractivity (Wildman–Crippen MR) is 125 cm³/mol. The monoisotopic (exact) mass is 449 g/mol. The van der Waals surface area contributed by atoms with E-state index >= 15 is 0 Å². The van der Waals surface area contributed by atoms with Crippen molar-refractivity contribution < 1.29 is 14.3 Å². The molecule has 32 heavy (non-hydrogen) atoms. The number of benzene rings is 2. The van der Waals surface area contributed by atoms with Gasteiger partial charge in [-0.05, 0) is 49.5 Å². The molecule has 0 radical (unpaired) electrons. The average molecular weight is 450 g/mol. The van der Waals surface area contributed by atoms with Crippen LogP contribution in [0.25, 0.3) is 22.2 Å². The van der Waals surface area contributed by atoms with E-state index in [2.05, 4.69) is 15.5 Å². The number of para-hydroxylation sites is 1. The Morgan fingerprint density at radius 1 is 1.12 bits per heavy atom. The van der Waals surface area contributed by atoms with Crippen molar-refractivity contribution in [2.75, 3.05) is 14.2 Å². The number of H-pyrrole nitrogens is 1. The molecule has 0 saturated heterocycles. The van der Waals surface area contributed by atoms with Crippen LogP contribution in [0.3, 0.4) is 0 Å². The van der Waals surface area contributed by atoms with Crippen LogP contribution in [0.5, 0.6) is 11.5 Å². The van der Waals surface area contributed by atoms with Crippen molar-refractivity contribution in [1.82, 2.24) is 25.1 Å². The lowest BCUT2D eigenvalue weighted by atomic mass is 10.0. The molecule has 0 aliphatic carbocycles. The number of fused-ring (bicyclic) bond motifs is 1. The lowest BCUT2D eigenvalue weighted by Crippen LogP contribution is -2.25. The fourth-order valence-electron chi connectivity index (χ4n) is 3.57. The number of hydrogen-bond acceptors (Lipinski definition) is 6. The second-order valence-electron chi connectivity index (χ2n) is 7.01. The standard InChI is InChI=1S/C23H23N5O3S/c1-4-28-21(26-27-23(28)32)13-24-22(29)16-12-18(25-17-8-6-5-7-15(16)17)14-9-10-19(30-2)20(11-14)31-3/h5-12H,4,13H2,1-3H3,(H,24,29)(H,27,32). The molecule has 2 aromatic heterocycles. The largest absolute Gasteiger partial charge is 0.493 e.